The zero-order valence-corrected chi connectivity index (χ0v) is 7.95. The monoisotopic (exact) mass is 157 g/mol. The topological polar surface area (TPSA) is 0 Å². The van der Waals surface area contributed by atoms with Gasteiger partial charge in [-0.15, -0.1) is 10.5 Å². The first-order valence-electron chi connectivity index (χ1n) is 4.09. The maximum Gasteiger partial charge on any atom is -0.0629 e. The maximum absolute atomic E-state index is 6.05. The van der Waals surface area contributed by atoms with E-state index in [2.05, 4.69) is 20.8 Å². The molecule has 60 valence electrons. The highest BCUT2D eigenvalue weighted by Crippen LogP contribution is 2.27. The molecule has 1 heterocycles. The van der Waals surface area contributed by atoms with E-state index < -0.39 is 0 Å². The van der Waals surface area contributed by atoms with Crippen molar-refractivity contribution < 1.29 is 0 Å². The van der Waals surface area contributed by atoms with E-state index >= 15 is 0 Å². The Morgan fingerprint density at radius 2 is 2.00 bits per heavy atom. The van der Waals surface area contributed by atoms with Gasteiger partial charge in [-0.2, -0.15) is 0 Å². The van der Waals surface area contributed by atoms with E-state index in [0.717, 1.165) is 16.4 Å². The van der Waals surface area contributed by atoms with Crippen LogP contribution in [0.5, 0.6) is 0 Å². The van der Waals surface area contributed by atoms with Crippen LogP contribution in [0.25, 0.3) is 0 Å². The summed E-state index contributed by atoms with van der Waals surface area (Å²) in [6.07, 6.45) is 2.71. The number of hydrogen-bond donors (Lipinski definition) is 0. The molecule has 0 aromatic rings. The first-order chi connectivity index (χ1) is 4.63. The molecule has 0 bridgehead atoms. The van der Waals surface area contributed by atoms with Crippen LogP contribution in [0.1, 0.15) is 33.6 Å². The summed E-state index contributed by atoms with van der Waals surface area (Å²) in [5, 5.41) is 1.60. The Morgan fingerprint density at radius 1 is 1.40 bits per heavy atom. The van der Waals surface area contributed by atoms with Gasteiger partial charge in [0.15, 0.2) is 0 Å². The molecule has 1 heteroatoms. The van der Waals surface area contributed by atoms with E-state index in [1.54, 1.807) is 0 Å². The summed E-state index contributed by atoms with van der Waals surface area (Å²) in [6.45, 7) is 6.86. The molecule has 0 amide bonds. The fourth-order valence-electron chi connectivity index (χ4n) is 1.62. The minimum atomic E-state index is 0.215. The van der Waals surface area contributed by atoms with E-state index in [-0.39, 0.29) is 10.3 Å². The van der Waals surface area contributed by atoms with Crippen molar-refractivity contribution in [3.05, 3.63) is 0 Å². The molecule has 0 N–H and O–H groups in total. The van der Waals surface area contributed by atoms with Crippen LogP contribution in [0.15, 0.2) is 0 Å². The Balaban J connectivity index is 2.61. The molecule has 0 aliphatic carbocycles. The summed E-state index contributed by atoms with van der Waals surface area (Å²) in [6, 6.07) is 0. The Labute approximate surface area is 66.6 Å². The summed E-state index contributed by atoms with van der Waals surface area (Å²) in [4.78, 5) is 0. The molecule has 0 aromatic carbocycles. The zero-order valence-electron chi connectivity index (χ0n) is 7.13. The predicted molar refractivity (Wildman–Crippen MR) is 49.6 cm³/mol. The molecule has 0 saturated carbocycles. The van der Waals surface area contributed by atoms with Gasteiger partial charge in [-0.1, -0.05) is 39.5 Å². The van der Waals surface area contributed by atoms with Gasteiger partial charge in [-0.05, 0) is 0 Å². The Hall–Kier alpha value is 0.130. The highest BCUT2D eigenvalue weighted by molar-refractivity contribution is 7.87. The third-order valence-electron chi connectivity index (χ3n) is 2.42. The minimum absolute atomic E-state index is 0.215. The van der Waals surface area contributed by atoms with Crippen molar-refractivity contribution >= 4 is 10.3 Å². The summed E-state index contributed by atoms with van der Waals surface area (Å²) in [5.41, 5.74) is 6.05. The lowest BCUT2D eigenvalue weighted by molar-refractivity contribution is 0.580. The molecular weight excluding hydrogens is 140 g/mol. The summed E-state index contributed by atoms with van der Waals surface area (Å²) in [5.74, 6) is 0.790. The van der Waals surface area contributed by atoms with Gasteiger partial charge in [0.1, 0.15) is 0 Å². The van der Waals surface area contributed by atoms with Crippen LogP contribution in [-0.4, -0.2) is 10.5 Å². The second kappa shape index (κ2) is 3.02. The van der Waals surface area contributed by atoms with Crippen LogP contribution in [0.3, 0.4) is 0 Å². The number of hydrogen-bond acceptors (Lipinski definition) is 1. The summed E-state index contributed by atoms with van der Waals surface area (Å²) >= 11 is 0. The smallest absolute Gasteiger partial charge is 0.0629 e. The molecule has 0 spiro atoms. The van der Waals surface area contributed by atoms with Gasteiger partial charge in [0.05, 0.1) is 0 Å². The highest BCUT2D eigenvalue weighted by Gasteiger charge is 2.15. The van der Waals surface area contributed by atoms with Gasteiger partial charge in [0.25, 0.3) is 0 Å². The van der Waals surface area contributed by atoms with Crippen molar-refractivity contribution in [2.75, 3.05) is 0 Å². The molecule has 1 rings (SSSR count). The fourth-order valence-corrected chi connectivity index (χ4v) is 3.66. The average molecular weight is 157 g/mol. The molecule has 1 saturated heterocycles. The van der Waals surface area contributed by atoms with Gasteiger partial charge >= 0.3 is 0 Å². The molecule has 1 aliphatic rings. The van der Waals surface area contributed by atoms with Crippen molar-refractivity contribution in [2.45, 2.75) is 44.1 Å². The van der Waals surface area contributed by atoms with E-state index in [1.165, 1.54) is 12.8 Å². The predicted octanol–water partition coefficient (Wildman–Crippen LogP) is 2.40. The quantitative estimate of drug-likeness (QED) is 0.513. The molecule has 1 fully saturated rings. The zero-order chi connectivity index (χ0) is 7.72. The lowest BCUT2D eigenvalue weighted by Gasteiger charge is -2.28. The standard InChI is InChI=1S/C9H17S/c1-7(2)9-6-5-8(3)10(9)4/h4,7-9H,5-6H2,1-3H3/q-1/t8-,9?/m1/s1. The van der Waals surface area contributed by atoms with Crippen molar-refractivity contribution in [3.8, 4) is 5.69 Å². The van der Waals surface area contributed by atoms with Crippen LogP contribution >= 0.6 is 0 Å². The molecule has 1 aliphatic heterocycles. The Morgan fingerprint density at radius 3 is 2.20 bits per heavy atom. The third-order valence-corrected chi connectivity index (χ3v) is 5.06. The van der Waals surface area contributed by atoms with Crippen molar-refractivity contribution in [1.29, 1.82) is 0 Å². The minimum Gasteiger partial charge on any atom is -0.451 e. The fraction of sp³-hybridized carbons (Fsp3) is 0.889. The van der Waals surface area contributed by atoms with Crippen molar-refractivity contribution in [2.24, 2.45) is 5.92 Å². The average Bonchev–Trinajstić information content (AvgIpc) is 2.14. The molecule has 0 aromatic heterocycles. The van der Waals surface area contributed by atoms with Crippen molar-refractivity contribution in [3.63, 3.8) is 0 Å². The van der Waals surface area contributed by atoms with Crippen LogP contribution in [0.2, 0.25) is 0 Å². The molecule has 0 nitrogen and oxygen atoms in total. The lowest BCUT2D eigenvalue weighted by Crippen LogP contribution is -2.16. The van der Waals surface area contributed by atoms with E-state index in [4.69, 9.17) is 5.69 Å². The third kappa shape index (κ3) is 1.41. The second-order valence-corrected chi connectivity index (χ2v) is 5.81. The molecule has 2 atom stereocenters. The Kier molecular flexibility index (Phi) is 2.49. The van der Waals surface area contributed by atoms with Crippen LogP contribution in [0, 0.1) is 11.6 Å². The first-order valence-corrected chi connectivity index (χ1v) is 5.50. The van der Waals surface area contributed by atoms with Gasteiger partial charge in [-0.3, -0.25) is 0 Å². The van der Waals surface area contributed by atoms with Crippen LogP contribution in [-0.2, 0) is 10.3 Å². The SMILES string of the molecule is C#[S-]1C(C(C)C)CC[C@H]1C. The normalized spacial score (nSPS) is 35.5. The lowest BCUT2D eigenvalue weighted by atomic mass is 10.1. The molecule has 0 radical (unpaired) electrons. The van der Waals surface area contributed by atoms with Gasteiger partial charge < -0.3 is 16.0 Å². The summed E-state index contributed by atoms with van der Waals surface area (Å²) in [7, 11) is 0.215. The van der Waals surface area contributed by atoms with E-state index in [0.29, 0.717) is 0 Å². The Bertz CT molecular complexity index is 173. The van der Waals surface area contributed by atoms with Gasteiger partial charge in [0.2, 0.25) is 0 Å². The van der Waals surface area contributed by atoms with Gasteiger partial charge in [0, 0.05) is 0 Å². The maximum atomic E-state index is 6.05. The number of rotatable bonds is 1. The van der Waals surface area contributed by atoms with Crippen LogP contribution < -0.4 is 0 Å². The summed E-state index contributed by atoms with van der Waals surface area (Å²) < 4.78 is 0. The van der Waals surface area contributed by atoms with Crippen LogP contribution in [0.4, 0.5) is 0 Å². The van der Waals surface area contributed by atoms with E-state index in [1.807, 2.05) is 0 Å². The molecular formula is C9H17S-. The molecule has 10 heavy (non-hydrogen) atoms. The van der Waals surface area contributed by atoms with E-state index in [9.17, 15) is 0 Å². The molecule has 1 unspecified atom stereocenters. The van der Waals surface area contributed by atoms with Crippen molar-refractivity contribution in [1.82, 2.24) is 0 Å². The first kappa shape index (κ1) is 8.23. The van der Waals surface area contributed by atoms with Gasteiger partial charge in [-0.25, -0.2) is 0 Å². The second-order valence-electron chi connectivity index (χ2n) is 3.58. The largest absolute Gasteiger partial charge is 0.451 e. The highest BCUT2D eigenvalue weighted by atomic mass is 32.2.